The smallest absolute Gasteiger partial charge is 0.323 e. The number of hydrogen-bond donors (Lipinski definition) is 3. The Morgan fingerprint density at radius 3 is 2.22 bits per heavy atom. The third-order valence-corrected chi connectivity index (χ3v) is 4.39. The Morgan fingerprint density at radius 1 is 0.844 bits per heavy atom. The molecule has 0 spiro atoms. The molecule has 0 atom stereocenters. The van der Waals surface area contributed by atoms with Gasteiger partial charge in [-0.25, -0.2) is 4.79 Å². The molecule has 3 aromatic rings. The minimum Gasteiger partial charge on any atom is -0.493 e. The zero-order valence-corrected chi connectivity index (χ0v) is 17.9. The van der Waals surface area contributed by atoms with Crippen LogP contribution in [0, 0.1) is 0 Å². The summed E-state index contributed by atoms with van der Waals surface area (Å²) >= 11 is 0. The lowest BCUT2D eigenvalue weighted by Crippen LogP contribution is -2.23. The first-order valence-corrected chi connectivity index (χ1v) is 10.0. The molecular weight excluding hydrogens is 406 g/mol. The molecule has 3 aromatic carbocycles. The Kier molecular flexibility index (Phi) is 7.86. The van der Waals surface area contributed by atoms with Gasteiger partial charge in [0.05, 0.1) is 18.5 Å². The molecule has 0 saturated carbocycles. The Morgan fingerprint density at radius 2 is 1.53 bits per heavy atom. The number of anilines is 3. The van der Waals surface area contributed by atoms with Crippen LogP contribution in [-0.4, -0.2) is 25.7 Å². The number of urea groups is 1. The maximum absolute atomic E-state index is 12.5. The molecule has 0 aliphatic carbocycles. The summed E-state index contributed by atoms with van der Waals surface area (Å²) in [5.41, 5.74) is 2.55. The van der Waals surface area contributed by atoms with E-state index in [0.29, 0.717) is 28.6 Å². The van der Waals surface area contributed by atoms with E-state index >= 15 is 0 Å². The van der Waals surface area contributed by atoms with Gasteiger partial charge in [-0.15, -0.1) is 0 Å². The van der Waals surface area contributed by atoms with Crippen LogP contribution in [0.3, 0.4) is 0 Å². The fraction of sp³-hybridized carbons (Fsp3) is 0.120. The molecule has 0 fully saturated rings. The van der Waals surface area contributed by atoms with Gasteiger partial charge in [0.15, 0.2) is 18.1 Å². The summed E-state index contributed by atoms with van der Waals surface area (Å²) in [6.45, 7) is 1.71. The Labute approximate surface area is 187 Å². The first kappa shape index (κ1) is 22.4. The molecule has 32 heavy (non-hydrogen) atoms. The van der Waals surface area contributed by atoms with E-state index in [1.54, 1.807) is 49.6 Å². The van der Waals surface area contributed by atoms with E-state index in [2.05, 4.69) is 16.0 Å². The SMILES string of the molecule is C/C=C/c1ccc(OCC(=O)Nc2ccccc2NC(=O)Nc2ccccc2)c(OC)c1. The number of allylic oxidation sites excluding steroid dienone is 1. The van der Waals surface area contributed by atoms with Crippen LogP contribution in [0.2, 0.25) is 0 Å². The zero-order chi connectivity index (χ0) is 22.8. The Hall–Kier alpha value is -4.26. The van der Waals surface area contributed by atoms with Gasteiger partial charge in [-0.1, -0.05) is 48.6 Å². The van der Waals surface area contributed by atoms with Crippen LogP contribution in [0.15, 0.2) is 78.9 Å². The molecule has 0 heterocycles. The van der Waals surface area contributed by atoms with Crippen molar-refractivity contribution in [2.75, 3.05) is 29.7 Å². The van der Waals surface area contributed by atoms with Crippen molar-refractivity contribution in [2.45, 2.75) is 6.92 Å². The van der Waals surface area contributed by atoms with Crippen LogP contribution in [0.5, 0.6) is 11.5 Å². The summed E-state index contributed by atoms with van der Waals surface area (Å²) in [5.74, 6) is 0.625. The molecule has 3 N–H and O–H groups in total. The van der Waals surface area contributed by atoms with Crippen molar-refractivity contribution < 1.29 is 19.1 Å². The maximum Gasteiger partial charge on any atom is 0.323 e. The molecule has 0 saturated heterocycles. The van der Waals surface area contributed by atoms with Crippen LogP contribution in [0.25, 0.3) is 6.08 Å². The van der Waals surface area contributed by atoms with Crippen LogP contribution < -0.4 is 25.4 Å². The van der Waals surface area contributed by atoms with Crippen molar-refractivity contribution in [3.8, 4) is 11.5 Å². The second-order valence-electron chi connectivity index (χ2n) is 6.74. The molecule has 3 amide bonds. The molecule has 0 aliphatic heterocycles. The molecule has 0 unspecified atom stereocenters. The lowest BCUT2D eigenvalue weighted by molar-refractivity contribution is -0.118. The second kappa shape index (κ2) is 11.2. The van der Waals surface area contributed by atoms with Gasteiger partial charge in [0.2, 0.25) is 0 Å². The molecule has 7 heteroatoms. The van der Waals surface area contributed by atoms with Crippen molar-refractivity contribution in [3.05, 3.63) is 84.4 Å². The molecule has 7 nitrogen and oxygen atoms in total. The van der Waals surface area contributed by atoms with Gasteiger partial charge >= 0.3 is 6.03 Å². The second-order valence-corrected chi connectivity index (χ2v) is 6.74. The summed E-state index contributed by atoms with van der Waals surface area (Å²) in [4.78, 5) is 24.8. The highest BCUT2D eigenvalue weighted by Gasteiger charge is 2.12. The highest BCUT2D eigenvalue weighted by molar-refractivity contribution is 6.04. The van der Waals surface area contributed by atoms with Crippen LogP contribution in [-0.2, 0) is 4.79 Å². The number of carbonyl (C=O) groups excluding carboxylic acids is 2. The fourth-order valence-corrected chi connectivity index (χ4v) is 2.94. The molecule has 0 radical (unpaired) electrons. The standard InChI is InChI=1S/C25H25N3O4/c1-3-9-18-14-15-22(23(16-18)31-2)32-17-24(29)27-20-12-7-8-13-21(20)28-25(30)26-19-10-5-4-6-11-19/h3-16H,17H2,1-2H3,(H,27,29)(H2,26,28,30)/b9-3+. The van der Waals surface area contributed by atoms with Crippen molar-refractivity contribution in [1.29, 1.82) is 0 Å². The molecule has 164 valence electrons. The molecule has 0 aromatic heterocycles. The van der Waals surface area contributed by atoms with E-state index < -0.39 is 6.03 Å². The number of carbonyl (C=O) groups is 2. The predicted molar refractivity (Wildman–Crippen MR) is 127 cm³/mol. The lowest BCUT2D eigenvalue weighted by Gasteiger charge is -2.14. The number of para-hydroxylation sites is 3. The van der Waals surface area contributed by atoms with Crippen molar-refractivity contribution in [1.82, 2.24) is 0 Å². The van der Waals surface area contributed by atoms with Crippen molar-refractivity contribution in [2.24, 2.45) is 0 Å². The average Bonchev–Trinajstić information content (AvgIpc) is 2.80. The van der Waals surface area contributed by atoms with Crippen LogP contribution in [0.4, 0.5) is 21.9 Å². The van der Waals surface area contributed by atoms with E-state index in [9.17, 15) is 9.59 Å². The highest BCUT2D eigenvalue weighted by Crippen LogP contribution is 2.29. The third kappa shape index (κ3) is 6.37. The van der Waals surface area contributed by atoms with Crippen LogP contribution >= 0.6 is 0 Å². The third-order valence-electron chi connectivity index (χ3n) is 4.39. The normalized spacial score (nSPS) is 10.4. The molecule has 0 aliphatic rings. The first-order valence-electron chi connectivity index (χ1n) is 10.0. The topological polar surface area (TPSA) is 88.7 Å². The number of hydrogen-bond acceptors (Lipinski definition) is 4. The van der Waals surface area contributed by atoms with E-state index in [1.807, 2.05) is 49.4 Å². The average molecular weight is 431 g/mol. The fourth-order valence-electron chi connectivity index (χ4n) is 2.94. The quantitative estimate of drug-likeness (QED) is 0.446. The van der Waals surface area contributed by atoms with E-state index in [0.717, 1.165) is 5.56 Å². The van der Waals surface area contributed by atoms with Gasteiger partial charge in [-0.05, 0) is 48.9 Å². The van der Waals surface area contributed by atoms with Gasteiger partial charge in [-0.3, -0.25) is 4.79 Å². The van der Waals surface area contributed by atoms with E-state index in [1.165, 1.54) is 0 Å². The number of methoxy groups -OCH3 is 1. The summed E-state index contributed by atoms with van der Waals surface area (Å²) in [7, 11) is 1.55. The van der Waals surface area contributed by atoms with Gasteiger partial charge in [-0.2, -0.15) is 0 Å². The van der Waals surface area contributed by atoms with Gasteiger partial charge in [0, 0.05) is 5.69 Å². The predicted octanol–water partition coefficient (Wildman–Crippen LogP) is 5.39. The van der Waals surface area contributed by atoms with E-state index in [4.69, 9.17) is 9.47 Å². The van der Waals surface area contributed by atoms with Gasteiger partial charge in [0.25, 0.3) is 5.91 Å². The summed E-state index contributed by atoms with van der Waals surface area (Å²) in [6, 6.07) is 21.0. The summed E-state index contributed by atoms with van der Waals surface area (Å²) in [5, 5.41) is 8.24. The minimum atomic E-state index is -0.417. The monoisotopic (exact) mass is 431 g/mol. The first-order chi connectivity index (χ1) is 15.6. The maximum atomic E-state index is 12.5. The minimum absolute atomic E-state index is 0.218. The largest absolute Gasteiger partial charge is 0.493 e. The van der Waals surface area contributed by atoms with Crippen molar-refractivity contribution >= 4 is 35.1 Å². The molecule has 0 bridgehead atoms. The zero-order valence-electron chi connectivity index (χ0n) is 17.9. The molecular formula is C25H25N3O4. The van der Waals surface area contributed by atoms with Crippen LogP contribution in [0.1, 0.15) is 12.5 Å². The number of rotatable bonds is 8. The number of benzene rings is 3. The molecule has 3 rings (SSSR count). The van der Waals surface area contributed by atoms with Gasteiger partial charge in [0.1, 0.15) is 0 Å². The Bertz CT molecular complexity index is 1100. The van der Waals surface area contributed by atoms with E-state index in [-0.39, 0.29) is 12.5 Å². The highest BCUT2D eigenvalue weighted by atomic mass is 16.5. The lowest BCUT2D eigenvalue weighted by atomic mass is 10.2. The number of amides is 3. The van der Waals surface area contributed by atoms with Gasteiger partial charge < -0.3 is 25.4 Å². The Balaban J connectivity index is 1.60. The van der Waals surface area contributed by atoms with Crippen molar-refractivity contribution in [3.63, 3.8) is 0 Å². The summed E-state index contributed by atoms with van der Waals surface area (Å²) in [6.07, 6.45) is 3.87. The number of ether oxygens (including phenoxy) is 2. The summed E-state index contributed by atoms with van der Waals surface area (Å²) < 4.78 is 11.0. The number of nitrogens with one attached hydrogen (secondary N) is 3.